The molecule has 1 N–H and O–H groups in total. The Balaban J connectivity index is 1.24. The number of carbonyl (C=O) groups is 1. The lowest BCUT2D eigenvalue weighted by Crippen LogP contribution is -2.38. The molecule has 0 fully saturated rings. The minimum absolute atomic E-state index is 0.0303. The smallest absolute Gasteiger partial charge is 0.406 e. The van der Waals surface area contributed by atoms with Crippen LogP contribution < -0.4 is 10.1 Å². The number of aryl methyl sites for hydroxylation is 1. The van der Waals surface area contributed by atoms with E-state index < -0.39 is 6.36 Å². The van der Waals surface area contributed by atoms with Crippen LogP contribution >= 0.6 is 0 Å². The van der Waals surface area contributed by atoms with E-state index >= 15 is 0 Å². The molecule has 9 heteroatoms. The maximum Gasteiger partial charge on any atom is 0.573 e. The van der Waals surface area contributed by atoms with Crippen molar-refractivity contribution in [1.82, 2.24) is 20.0 Å². The topological polar surface area (TPSA) is 59.4 Å². The molecule has 0 saturated heterocycles. The second kappa shape index (κ2) is 9.37. The zero-order chi connectivity index (χ0) is 24.6. The van der Waals surface area contributed by atoms with E-state index in [0.29, 0.717) is 31.7 Å². The van der Waals surface area contributed by atoms with Crippen molar-refractivity contribution in [3.05, 3.63) is 82.2 Å². The van der Waals surface area contributed by atoms with E-state index in [1.165, 1.54) is 23.3 Å². The molecule has 2 aliphatic rings. The number of fused-ring (bicyclic) bond motifs is 2. The number of hydrogen-bond donors (Lipinski definition) is 1. The van der Waals surface area contributed by atoms with Crippen molar-refractivity contribution in [2.24, 2.45) is 7.05 Å². The first-order valence-electron chi connectivity index (χ1n) is 11.8. The minimum Gasteiger partial charge on any atom is -0.406 e. The fraction of sp³-hybridized carbons (Fsp3) is 0.385. The van der Waals surface area contributed by atoms with Gasteiger partial charge in [0.05, 0.1) is 0 Å². The Morgan fingerprint density at radius 2 is 1.86 bits per heavy atom. The Kier molecular flexibility index (Phi) is 6.27. The van der Waals surface area contributed by atoms with E-state index in [9.17, 15) is 18.0 Å². The van der Waals surface area contributed by atoms with Gasteiger partial charge in [0.15, 0.2) is 5.69 Å². The number of carbonyl (C=O) groups excluding carboxylic acids is 1. The Morgan fingerprint density at radius 1 is 1.11 bits per heavy atom. The monoisotopic (exact) mass is 484 g/mol. The van der Waals surface area contributed by atoms with Gasteiger partial charge in [0.1, 0.15) is 5.75 Å². The highest BCUT2D eigenvalue weighted by Gasteiger charge is 2.32. The molecule has 1 unspecified atom stereocenters. The molecule has 0 spiro atoms. The van der Waals surface area contributed by atoms with Crippen LogP contribution in [0.1, 0.15) is 44.9 Å². The van der Waals surface area contributed by atoms with Crippen LogP contribution in [0.5, 0.6) is 5.75 Å². The Labute approximate surface area is 201 Å². The Morgan fingerprint density at radius 3 is 2.60 bits per heavy atom. The Bertz CT molecular complexity index is 1220. The first-order chi connectivity index (χ1) is 16.8. The molecule has 1 amide bonds. The SMILES string of the molecule is Cn1nc(C(=O)N2CCc3ccccc3C2)c2c1CCC(NCc1ccc(OC(F)(F)F)cc1)C2. The van der Waals surface area contributed by atoms with Crippen molar-refractivity contribution in [3.63, 3.8) is 0 Å². The maximum absolute atomic E-state index is 13.4. The van der Waals surface area contributed by atoms with Gasteiger partial charge in [-0.15, -0.1) is 13.2 Å². The summed E-state index contributed by atoms with van der Waals surface area (Å²) < 4.78 is 42.8. The van der Waals surface area contributed by atoms with Crippen LogP contribution in [0, 0.1) is 0 Å². The van der Waals surface area contributed by atoms with Gasteiger partial charge in [-0.25, -0.2) is 0 Å². The van der Waals surface area contributed by atoms with Crippen molar-refractivity contribution >= 4 is 5.91 Å². The number of amides is 1. The summed E-state index contributed by atoms with van der Waals surface area (Å²) in [5, 5.41) is 8.10. The fourth-order valence-electron chi connectivity index (χ4n) is 5.03. The van der Waals surface area contributed by atoms with E-state index in [2.05, 4.69) is 27.3 Å². The second-order valence-corrected chi connectivity index (χ2v) is 9.16. The quantitative estimate of drug-likeness (QED) is 0.591. The van der Waals surface area contributed by atoms with Gasteiger partial charge in [0.2, 0.25) is 0 Å². The fourth-order valence-corrected chi connectivity index (χ4v) is 5.03. The highest BCUT2D eigenvalue weighted by atomic mass is 19.4. The Hall–Kier alpha value is -3.33. The number of nitrogens with zero attached hydrogens (tertiary/aromatic N) is 3. The van der Waals surface area contributed by atoms with Crippen LogP contribution in [-0.2, 0) is 39.4 Å². The van der Waals surface area contributed by atoms with E-state index in [4.69, 9.17) is 0 Å². The van der Waals surface area contributed by atoms with E-state index in [-0.39, 0.29) is 17.7 Å². The first-order valence-corrected chi connectivity index (χ1v) is 11.8. The van der Waals surface area contributed by atoms with Crippen LogP contribution in [0.3, 0.4) is 0 Å². The van der Waals surface area contributed by atoms with Gasteiger partial charge < -0.3 is 15.0 Å². The summed E-state index contributed by atoms with van der Waals surface area (Å²) in [4.78, 5) is 15.3. The summed E-state index contributed by atoms with van der Waals surface area (Å²) >= 11 is 0. The van der Waals surface area contributed by atoms with Crippen molar-refractivity contribution in [1.29, 1.82) is 0 Å². The molecule has 2 aromatic carbocycles. The predicted octanol–water partition coefficient (Wildman–Crippen LogP) is 4.16. The number of nitrogens with one attached hydrogen (secondary N) is 1. The molecule has 35 heavy (non-hydrogen) atoms. The number of ether oxygens (including phenoxy) is 1. The number of rotatable bonds is 5. The van der Waals surface area contributed by atoms with Crippen molar-refractivity contribution in [2.75, 3.05) is 6.54 Å². The lowest BCUT2D eigenvalue weighted by Gasteiger charge is -2.29. The van der Waals surface area contributed by atoms with Crippen LogP contribution in [0.4, 0.5) is 13.2 Å². The zero-order valence-electron chi connectivity index (χ0n) is 19.4. The molecule has 1 aromatic heterocycles. The maximum atomic E-state index is 13.4. The average molecular weight is 485 g/mol. The zero-order valence-corrected chi connectivity index (χ0v) is 19.4. The molecule has 6 nitrogen and oxygen atoms in total. The summed E-state index contributed by atoms with van der Waals surface area (Å²) in [5.41, 5.74) is 5.96. The van der Waals surface area contributed by atoms with Crippen LogP contribution in [0.25, 0.3) is 0 Å². The third-order valence-corrected chi connectivity index (χ3v) is 6.83. The molecule has 0 bridgehead atoms. The van der Waals surface area contributed by atoms with Crippen LogP contribution in [0.15, 0.2) is 48.5 Å². The van der Waals surface area contributed by atoms with E-state index in [1.54, 1.807) is 12.1 Å². The van der Waals surface area contributed by atoms with E-state index in [0.717, 1.165) is 36.1 Å². The standard InChI is InChI=1S/C26H27F3N4O2/c1-32-23-11-8-20(30-15-17-6-9-21(10-7-17)35-26(27,28)29)14-22(23)24(31-32)25(34)33-13-12-18-4-2-3-5-19(18)16-33/h2-7,9-10,20,30H,8,11-16H2,1H3. The lowest BCUT2D eigenvalue weighted by atomic mass is 9.90. The molecule has 1 atom stereocenters. The normalized spacial score (nSPS) is 17.6. The second-order valence-electron chi connectivity index (χ2n) is 9.16. The summed E-state index contributed by atoms with van der Waals surface area (Å²) in [7, 11) is 1.89. The average Bonchev–Trinajstić information content (AvgIpc) is 3.17. The molecule has 1 aliphatic heterocycles. The van der Waals surface area contributed by atoms with Crippen molar-refractivity contribution < 1.29 is 22.7 Å². The molecule has 0 saturated carbocycles. The van der Waals surface area contributed by atoms with Gasteiger partial charge in [0, 0.05) is 44.0 Å². The molecular formula is C26H27F3N4O2. The summed E-state index contributed by atoms with van der Waals surface area (Å²) in [6.07, 6.45) is -1.47. The van der Waals surface area contributed by atoms with Gasteiger partial charge in [-0.3, -0.25) is 9.48 Å². The predicted molar refractivity (Wildman–Crippen MR) is 124 cm³/mol. The highest BCUT2D eigenvalue weighted by Crippen LogP contribution is 2.28. The molecule has 184 valence electrons. The van der Waals surface area contributed by atoms with Crippen molar-refractivity contribution in [2.45, 2.75) is 51.2 Å². The molecule has 5 rings (SSSR count). The van der Waals surface area contributed by atoms with Gasteiger partial charge in [0.25, 0.3) is 5.91 Å². The first kappa shape index (κ1) is 23.4. The summed E-state index contributed by atoms with van der Waals surface area (Å²) in [6.45, 7) is 1.78. The number of aromatic nitrogens is 2. The van der Waals surface area contributed by atoms with Crippen molar-refractivity contribution in [3.8, 4) is 5.75 Å². The number of halogens is 3. The summed E-state index contributed by atoms with van der Waals surface area (Å²) in [6, 6.07) is 14.2. The summed E-state index contributed by atoms with van der Waals surface area (Å²) in [5.74, 6) is -0.264. The van der Waals surface area contributed by atoms with Crippen LogP contribution in [0.2, 0.25) is 0 Å². The van der Waals surface area contributed by atoms with Gasteiger partial charge >= 0.3 is 6.36 Å². The number of benzene rings is 2. The van der Waals surface area contributed by atoms with Gasteiger partial charge in [-0.1, -0.05) is 36.4 Å². The minimum atomic E-state index is -4.70. The van der Waals surface area contributed by atoms with Gasteiger partial charge in [-0.05, 0) is 54.5 Å². The molecule has 3 aromatic rings. The van der Waals surface area contributed by atoms with E-state index in [1.807, 2.05) is 28.8 Å². The number of alkyl halides is 3. The molecule has 1 aliphatic carbocycles. The third-order valence-electron chi connectivity index (χ3n) is 6.83. The molecule has 0 radical (unpaired) electrons. The van der Waals surface area contributed by atoms with Gasteiger partial charge in [-0.2, -0.15) is 5.10 Å². The third kappa shape index (κ3) is 5.19. The number of hydrogen-bond acceptors (Lipinski definition) is 4. The van der Waals surface area contributed by atoms with Crippen LogP contribution in [-0.4, -0.2) is 39.5 Å². The lowest BCUT2D eigenvalue weighted by molar-refractivity contribution is -0.274. The largest absolute Gasteiger partial charge is 0.573 e. The molecule has 2 heterocycles. The molecular weight excluding hydrogens is 457 g/mol. The highest BCUT2D eigenvalue weighted by molar-refractivity contribution is 5.94.